The number of nitrogens with zero attached hydrogens (tertiary/aromatic N) is 1. The molecule has 0 N–H and O–H groups in total. The van der Waals surface area contributed by atoms with Crippen molar-refractivity contribution in [2.24, 2.45) is 5.92 Å². The van der Waals surface area contributed by atoms with Crippen molar-refractivity contribution >= 4 is 18.0 Å². The van der Waals surface area contributed by atoms with Crippen LogP contribution in [0, 0.1) is 5.92 Å². The molecule has 1 aliphatic carbocycles. The molecule has 1 fully saturated rings. The summed E-state index contributed by atoms with van der Waals surface area (Å²) in [5, 5.41) is 0. The Morgan fingerprint density at radius 1 is 1.10 bits per heavy atom. The first-order valence-electron chi connectivity index (χ1n) is 10.5. The lowest BCUT2D eigenvalue weighted by molar-refractivity contribution is -0.148. The molecule has 0 bridgehead atoms. The fraction of sp³-hybridized carbons (Fsp3) is 0.360. The minimum Gasteiger partial charge on any atom is -0.489 e. The Morgan fingerprint density at radius 2 is 1.80 bits per heavy atom. The predicted octanol–water partition coefficient (Wildman–Crippen LogP) is 4.47. The number of rotatable bonds is 10. The SMILES string of the molecule is CCOC(=O)C(C)CN(C(=O)/C=C/c1ccc(OCc2ccccc2)cc1)C1CC1. The van der Waals surface area contributed by atoms with E-state index < -0.39 is 0 Å². The summed E-state index contributed by atoms with van der Waals surface area (Å²) >= 11 is 0. The van der Waals surface area contributed by atoms with E-state index in [0.29, 0.717) is 19.8 Å². The molecule has 0 aromatic heterocycles. The molecule has 1 unspecified atom stereocenters. The van der Waals surface area contributed by atoms with Crippen LogP contribution in [0.15, 0.2) is 60.7 Å². The summed E-state index contributed by atoms with van der Waals surface area (Å²) in [7, 11) is 0. The normalized spacial score (nSPS) is 14.3. The average Bonchev–Trinajstić information content (AvgIpc) is 3.61. The molecule has 1 saturated carbocycles. The highest BCUT2D eigenvalue weighted by Crippen LogP contribution is 2.28. The fourth-order valence-corrected chi connectivity index (χ4v) is 3.14. The molecule has 1 amide bonds. The number of amides is 1. The fourth-order valence-electron chi connectivity index (χ4n) is 3.14. The van der Waals surface area contributed by atoms with E-state index in [2.05, 4.69) is 0 Å². The van der Waals surface area contributed by atoms with Crippen LogP contribution in [-0.2, 0) is 20.9 Å². The van der Waals surface area contributed by atoms with E-state index in [0.717, 1.165) is 29.7 Å². The Kier molecular flexibility index (Phi) is 7.66. The van der Waals surface area contributed by atoms with Crippen LogP contribution in [0.1, 0.15) is 37.8 Å². The van der Waals surface area contributed by atoms with Gasteiger partial charge in [0.1, 0.15) is 12.4 Å². The molecule has 0 aliphatic heterocycles. The maximum atomic E-state index is 12.7. The first kappa shape index (κ1) is 21.6. The Balaban J connectivity index is 1.54. The molecule has 158 valence electrons. The van der Waals surface area contributed by atoms with Crippen molar-refractivity contribution in [2.45, 2.75) is 39.3 Å². The highest BCUT2D eigenvalue weighted by atomic mass is 16.5. The molecule has 0 heterocycles. The second-order valence-electron chi connectivity index (χ2n) is 7.55. The van der Waals surface area contributed by atoms with Gasteiger partial charge in [0.2, 0.25) is 5.91 Å². The van der Waals surface area contributed by atoms with Crippen molar-refractivity contribution in [1.29, 1.82) is 0 Å². The third-order valence-electron chi connectivity index (χ3n) is 4.98. The van der Waals surface area contributed by atoms with Gasteiger partial charge >= 0.3 is 5.97 Å². The second kappa shape index (κ2) is 10.6. The lowest BCUT2D eigenvalue weighted by Crippen LogP contribution is -2.38. The van der Waals surface area contributed by atoms with Gasteiger partial charge < -0.3 is 14.4 Å². The molecule has 5 nitrogen and oxygen atoms in total. The third kappa shape index (κ3) is 6.48. The molecule has 5 heteroatoms. The summed E-state index contributed by atoms with van der Waals surface area (Å²) in [6.07, 6.45) is 5.36. The monoisotopic (exact) mass is 407 g/mol. The topological polar surface area (TPSA) is 55.8 Å². The van der Waals surface area contributed by atoms with Crippen molar-refractivity contribution in [1.82, 2.24) is 4.90 Å². The minimum atomic E-state index is -0.330. The van der Waals surface area contributed by atoms with E-state index in [1.807, 2.05) is 54.6 Å². The summed E-state index contributed by atoms with van der Waals surface area (Å²) in [6, 6.07) is 17.9. The maximum Gasteiger partial charge on any atom is 0.310 e. The molecule has 0 spiro atoms. The summed E-state index contributed by atoms with van der Waals surface area (Å²) in [5.41, 5.74) is 2.04. The summed E-state index contributed by atoms with van der Waals surface area (Å²) in [5.74, 6) is 0.123. The standard InChI is InChI=1S/C25H29NO4/c1-3-29-25(28)19(2)17-26(22-12-13-22)24(27)16-11-20-9-14-23(15-10-20)30-18-21-7-5-4-6-8-21/h4-11,14-16,19,22H,3,12-13,17-18H2,1-2H3/b16-11+. The third-order valence-corrected chi connectivity index (χ3v) is 4.98. The Morgan fingerprint density at radius 3 is 2.43 bits per heavy atom. The number of ether oxygens (including phenoxy) is 2. The molecule has 2 aromatic carbocycles. The van der Waals surface area contributed by atoms with Crippen LogP contribution in [0.2, 0.25) is 0 Å². The quantitative estimate of drug-likeness (QED) is 0.431. The zero-order valence-electron chi connectivity index (χ0n) is 17.6. The van der Waals surface area contributed by atoms with Gasteiger partial charge in [0.15, 0.2) is 0 Å². The van der Waals surface area contributed by atoms with Gasteiger partial charge in [-0.25, -0.2) is 0 Å². The van der Waals surface area contributed by atoms with Crippen LogP contribution in [0.5, 0.6) is 5.75 Å². The van der Waals surface area contributed by atoms with Crippen molar-refractivity contribution in [3.05, 3.63) is 71.8 Å². The number of esters is 1. The lowest BCUT2D eigenvalue weighted by Gasteiger charge is -2.23. The van der Waals surface area contributed by atoms with Crippen LogP contribution in [0.25, 0.3) is 6.08 Å². The van der Waals surface area contributed by atoms with Crippen LogP contribution in [0.3, 0.4) is 0 Å². The largest absolute Gasteiger partial charge is 0.489 e. The Labute approximate surface area is 178 Å². The molecular weight excluding hydrogens is 378 g/mol. The van der Waals surface area contributed by atoms with Crippen LogP contribution in [-0.4, -0.2) is 36.0 Å². The number of carbonyl (C=O) groups excluding carboxylic acids is 2. The second-order valence-corrected chi connectivity index (χ2v) is 7.55. The number of benzene rings is 2. The first-order valence-corrected chi connectivity index (χ1v) is 10.5. The number of hydrogen-bond acceptors (Lipinski definition) is 4. The predicted molar refractivity (Wildman–Crippen MR) is 117 cm³/mol. The van der Waals surface area contributed by atoms with Gasteiger partial charge in [0, 0.05) is 18.7 Å². The zero-order chi connectivity index (χ0) is 21.3. The molecule has 1 aliphatic rings. The van der Waals surface area contributed by atoms with Crippen LogP contribution < -0.4 is 4.74 Å². The summed E-state index contributed by atoms with van der Waals surface area (Å²) < 4.78 is 10.9. The molecule has 3 rings (SSSR count). The maximum absolute atomic E-state index is 12.7. The molecule has 2 aromatic rings. The Bertz CT molecular complexity index is 856. The van der Waals surface area contributed by atoms with E-state index in [4.69, 9.17) is 9.47 Å². The average molecular weight is 408 g/mol. The van der Waals surface area contributed by atoms with E-state index in [1.165, 1.54) is 0 Å². The van der Waals surface area contributed by atoms with E-state index >= 15 is 0 Å². The van der Waals surface area contributed by atoms with Gasteiger partial charge in [0.05, 0.1) is 12.5 Å². The van der Waals surface area contributed by atoms with E-state index in [9.17, 15) is 9.59 Å². The zero-order valence-corrected chi connectivity index (χ0v) is 17.6. The van der Waals surface area contributed by atoms with Crippen molar-refractivity contribution in [3.8, 4) is 5.75 Å². The first-order chi connectivity index (χ1) is 14.6. The lowest BCUT2D eigenvalue weighted by atomic mass is 10.1. The number of carbonyl (C=O) groups is 2. The number of hydrogen-bond donors (Lipinski definition) is 0. The Hall–Kier alpha value is -3.08. The van der Waals surface area contributed by atoms with Gasteiger partial charge in [-0.3, -0.25) is 9.59 Å². The molecule has 0 radical (unpaired) electrons. The summed E-state index contributed by atoms with van der Waals surface area (Å²) in [6.45, 7) is 4.85. The van der Waals surface area contributed by atoms with Crippen molar-refractivity contribution < 1.29 is 19.1 Å². The highest BCUT2D eigenvalue weighted by molar-refractivity contribution is 5.92. The van der Waals surface area contributed by atoms with Crippen molar-refractivity contribution in [2.75, 3.05) is 13.2 Å². The van der Waals surface area contributed by atoms with Gasteiger partial charge in [-0.2, -0.15) is 0 Å². The van der Waals surface area contributed by atoms with Gasteiger partial charge in [0.25, 0.3) is 0 Å². The van der Waals surface area contributed by atoms with Crippen LogP contribution >= 0.6 is 0 Å². The van der Waals surface area contributed by atoms with Gasteiger partial charge in [-0.05, 0) is 49.1 Å². The van der Waals surface area contributed by atoms with Crippen molar-refractivity contribution in [3.63, 3.8) is 0 Å². The van der Waals surface area contributed by atoms with E-state index in [1.54, 1.807) is 30.9 Å². The summed E-state index contributed by atoms with van der Waals surface area (Å²) in [4.78, 5) is 26.4. The van der Waals surface area contributed by atoms with Gasteiger partial charge in [-0.15, -0.1) is 0 Å². The van der Waals surface area contributed by atoms with Gasteiger partial charge in [-0.1, -0.05) is 49.4 Å². The minimum absolute atomic E-state index is 0.0712. The smallest absolute Gasteiger partial charge is 0.310 e. The molecule has 30 heavy (non-hydrogen) atoms. The van der Waals surface area contributed by atoms with Crippen LogP contribution in [0.4, 0.5) is 0 Å². The molecule has 1 atom stereocenters. The molecule has 0 saturated heterocycles. The molecular formula is C25H29NO4. The van der Waals surface area contributed by atoms with E-state index in [-0.39, 0.29) is 23.8 Å². The highest BCUT2D eigenvalue weighted by Gasteiger charge is 2.33.